The number of nitrogens with one attached hydrogen (secondary N) is 1. The average Bonchev–Trinajstić information content (AvgIpc) is 2.41. The Morgan fingerprint density at radius 3 is 2.74 bits per heavy atom. The van der Waals surface area contributed by atoms with Crippen LogP contribution in [0.15, 0.2) is 42.6 Å². The lowest BCUT2D eigenvalue weighted by Gasteiger charge is -2.16. The molecule has 0 aliphatic rings. The van der Waals surface area contributed by atoms with Crippen LogP contribution in [0.4, 0.5) is 11.5 Å². The van der Waals surface area contributed by atoms with Crippen LogP contribution >= 0.6 is 0 Å². The SMILES string of the molecule is CC(C)Oc1ccccc1Nc1ncccc1CO. The van der Waals surface area contributed by atoms with Gasteiger partial charge < -0.3 is 15.2 Å². The fourth-order valence-electron chi connectivity index (χ4n) is 1.73. The van der Waals surface area contributed by atoms with Crippen LogP contribution in [0.5, 0.6) is 5.75 Å². The van der Waals surface area contributed by atoms with Crippen molar-refractivity contribution in [1.29, 1.82) is 0 Å². The van der Waals surface area contributed by atoms with Crippen LogP contribution in [0.3, 0.4) is 0 Å². The number of nitrogens with zero attached hydrogens (tertiary/aromatic N) is 1. The van der Waals surface area contributed by atoms with Crippen LogP contribution in [0.25, 0.3) is 0 Å². The summed E-state index contributed by atoms with van der Waals surface area (Å²) in [5, 5.41) is 12.5. The number of rotatable bonds is 5. The first-order chi connectivity index (χ1) is 9.20. The first-order valence-corrected chi connectivity index (χ1v) is 6.28. The Kier molecular flexibility index (Phi) is 4.36. The van der Waals surface area contributed by atoms with E-state index < -0.39 is 0 Å². The molecule has 4 heteroatoms. The van der Waals surface area contributed by atoms with Crippen molar-refractivity contribution in [2.45, 2.75) is 26.6 Å². The molecule has 1 aromatic carbocycles. The highest BCUT2D eigenvalue weighted by molar-refractivity contribution is 5.65. The summed E-state index contributed by atoms with van der Waals surface area (Å²) in [4.78, 5) is 4.24. The maximum absolute atomic E-state index is 9.30. The third-order valence-corrected chi connectivity index (χ3v) is 2.56. The van der Waals surface area contributed by atoms with Crippen molar-refractivity contribution < 1.29 is 9.84 Å². The average molecular weight is 258 g/mol. The van der Waals surface area contributed by atoms with Crippen molar-refractivity contribution in [2.75, 3.05) is 5.32 Å². The summed E-state index contributed by atoms with van der Waals surface area (Å²) >= 11 is 0. The molecule has 0 saturated carbocycles. The van der Waals surface area contributed by atoms with Crippen LogP contribution in [-0.2, 0) is 6.61 Å². The number of ether oxygens (including phenoxy) is 1. The zero-order valence-corrected chi connectivity index (χ0v) is 11.1. The monoisotopic (exact) mass is 258 g/mol. The van der Waals surface area contributed by atoms with Gasteiger partial charge in [0, 0.05) is 11.8 Å². The van der Waals surface area contributed by atoms with E-state index in [9.17, 15) is 5.11 Å². The summed E-state index contributed by atoms with van der Waals surface area (Å²) in [5.41, 5.74) is 1.59. The Morgan fingerprint density at radius 2 is 2.00 bits per heavy atom. The molecule has 4 nitrogen and oxygen atoms in total. The Balaban J connectivity index is 2.27. The van der Waals surface area contributed by atoms with Gasteiger partial charge >= 0.3 is 0 Å². The molecule has 0 unspecified atom stereocenters. The van der Waals surface area contributed by atoms with Gasteiger partial charge in [0.2, 0.25) is 0 Å². The highest BCUT2D eigenvalue weighted by Gasteiger charge is 2.08. The highest BCUT2D eigenvalue weighted by Crippen LogP contribution is 2.28. The predicted octanol–water partition coefficient (Wildman–Crippen LogP) is 3.10. The van der Waals surface area contributed by atoms with Gasteiger partial charge in [0.25, 0.3) is 0 Å². The molecule has 19 heavy (non-hydrogen) atoms. The molecule has 0 radical (unpaired) electrons. The van der Waals surface area contributed by atoms with Crippen LogP contribution in [-0.4, -0.2) is 16.2 Å². The van der Waals surface area contributed by atoms with Gasteiger partial charge in [0.05, 0.1) is 18.4 Å². The van der Waals surface area contributed by atoms with E-state index in [2.05, 4.69) is 10.3 Å². The number of anilines is 2. The number of hydrogen-bond acceptors (Lipinski definition) is 4. The largest absolute Gasteiger partial charge is 0.489 e. The van der Waals surface area contributed by atoms with Crippen LogP contribution in [0.1, 0.15) is 19.4 Å². The lowest BCUT2D eigenvalue weighted by molar-refractivity contribution is 0.243. The van der Waals surface area contributed by atoms with E-state index >= 15 is 0 Å². The molecule has 0 saturated heterocycles. The number of para-hydroxylation sites is 2. The van der Waals surface area contributed by atoms with E-state index in [-0.39, 0.29) is 12.7 Å². The Bertz CT molecular complexity index is 541. The van der Waals surface area contributed by atoms with Crippen molar-refractivity contribution >= 4 is 11.5 Å². The molecule has 0 atom stereocenters. The van der Waals surface area contributed by atoms with Crippen LogP contribution in [0.2, 0.25) is 0 Å². The van der Waals surface area contributed by atoms with Crippen molar-refractivity contribution in [3.63, 3.8) is 0 Å². The van der Waals surface area contributed by atoms with E-state index in [1.165, 1.54) is 0 Å². The van der Waals surface area contributed by atoms with Crippen LogP contribution < -0.4 is 10.1 Å². The molecule has 2 N–H and O–H groups in total. The Morgan fingerprint density at radius 1 is 1.21 bits per heavy atom. The standard InChI is InChI=1S/C15H18N2O2/c1-11(2)19-14-8-4-3-7-13(14)17-15-12(10-18)6-5-9-16-15/h3-9,11,18H,10H2,1-2H3,(H,16,17). The minimum absolute atomic E-state index is 0.0522. The highest BCUT2D eigenvalue weighted by atomic mass is 16.5. The molecule has 0 amide bonds. The van der Waals surface area contributed by atoms with E-state index in [0.717, 1.165) is 17.0 Å². The normalized spacial score (nSPS) is 10.5. The van der Waals surface area contributed by atoms with Crippen molar-refractivity contribution in [3.8, 4) is 5.75 Å². The molecule has 2 aromatic rings. The van der Waals surface area contributed by atoms with Crippen LogP contribution in [0, 0.1) is 0 Å². The lowest BCUT2D eigenvalue weighted by Crippen LogP contribution is -2.08. The second-order valence-electron chi connectivity index (χ2n) is 4.46. The number of aliphatic hydroxyl groups is 1. The third kappa shape index (κ3) is 3.45. The number of hydrogen-bond donors (Lipinski definition) is 2. The molecule has 1 heterocycles. The topological polar surface area (TPSA) is 54.4 Å². The van der Waals surface area contributed by atoms with E-state index in [0.29, 0.717) is 5.82 Å². The molecule has 100 valence electrons. The smallest absolute Gasteiger partial charge is 0.143 e. The van der Waals surface area contributed by atoms with E-state index in [1.807, 2.05) is 44.2 Å². The minimum atomic E-state index is -0.0522. The number of aromatic nitrogens is 1. The summed E-state index contributed by atoms with van der Waals surface area (Å²) in [6, 6.07) is 11.3. The maximum atomic E-state index is 9.30. The predicted molar refractivity (Wildman–Crippen MR) is 75.6 cm³/mol. The van der Waals surface area contributed by atoms with E-state index in [4.69, 9.17) is 4.74 Å². The van der Waals surface area contributed by atoms with Crippen molar-refractivity contribution in [2.24, 2.45) is 0 Å². The molecule has 2 rings (SSSR count). The summed E-state index contributed by atoms with van der Waals surface area (Å²) in [6.45, 7) is 3.91. The molecule has 0 bridgehead atoms. The van der Waals surface area contributed by atoms with Gasteiger partial charge in [-0.1, -0.05) is 18.2 Å². The zero-order chi connectivity index (χ0) is 13.7. The number of pyridine rings is 1. The van der Waals surface area contributed by atoms with Gasteiger partial charge in [-0.25, -0.2) is 4.98 Å². The van der Waals surface area contributed by atoms with Crippen molar-refractivity contribution in [3.05, 3.63) is 48.2 Å². The minimum Gasteiger partial charge on any atom is -0.489 e. The Labute approximate surface area is 113 Å². The fraction of sp³-hybridized carbons (Fsp3) is 0.267. The fourth-order valence-corrected chi connectivity index (χ4v) is 1.73. The summed E-state index contributed by atoms with van der Waals surface area (Å²) < 4.78 is 5.74. The van der Waals surface area contributed by atoms with Crippen molar-refractivity contribution in [1.82, 2.24) is 4.98 Å². The maximum Gasteiger partial charge on any atom is 0.143 e. The molecule has 0 fully saturated rings. The second-order valence-corrected chi connectivity index (χ2v) is 4.46. The zero-order valence-electron chi connectivity index (χ0n) is 11.1. The molecular weight excluding hydrogens is 240 g/mol. The summed E-state index contributed by atoms with van der Waals surface area (Å²) in [5.74, 6) is 1.41. The second kappa shape index (κ2) is 6.20. The molecule has 0 aliphatic heterocycles. The summed E-state index contributed by atoms with van der Waals surface area (Å²) in [7, 11) is 0. The first-order valence-electron chi connectivity index (χ1n) is 6.28. The van der Waals surface area contributed by atoms with E-state index in [1.54, 1.807) is 12.3 Å². The lowest BCUT2D eigenvalue weighted by atomic mass is 10.2. The van der Waals surface area contributed by atoms with Gasteiger partial charge in [-0.05, 0) is 32.0 Å². The molecule has 0 spiro atoms. The van der Waals surface area contributed by atoms with Gasteiger partial charge in [0.1, 0.15) is 11.6 Å². The van der Waals surface area contributed by atoms with Gasteiger partial charge in [-0.15, -0.1) is 0 Å². The summed E-state index contributed by atoms with van der Waals surface area (Å²) in [6.07, 6.45) is 1.79. The third-order valence-electron chi connectivity index (χ3n) is 2.56. The quantitative estimate of drug-likeness (QED) is 0.865. The Hall–Kier alpha value is -2.07. The van der Waals surface area contributed by atoms with Gasteiger partial charge in [-0.2, -0.15) is 0 Å². The van der Waals surface area contributed by atoms with Gasteiger partial charge in [-0.3, -0.25) is 0 Å². The van der Waals surface area contributed by atoms with Gasteiger partial charge in [0.15, 0.2) is 0 Å². The molecule has 0 aliphatic carbocycles. The molecule has 1 aromatic heterocycles. The number of aliphatic hydroxyl groups excluding tert-OH is 1. The first kappa shape index (κ1) is 13.4. The number of benzene rings is 1. The molecular formula is C15H18N2O2.